The molecule has 0 aliphatic carbocycles. The first-order valence-electron chi connectivity index (χ1n) is 8.70. The Morgan fingerprint density at radius 1 is 0.964 bits per heavy atom. The second-order valence-electron chi connectivity index (χ2n) is 6.42. The van der Waals surface area contributed by atoms with Gasteiger partial charge >= 0.3 is 0 Å². The molecule has 28 heavy (non-hydrogen) atoms. The predicted octanol–water partition coefficient (Wildman–Crippen LogP) is 3.29. The Morgan fingerprint density at radius 3 is 2.39 bits per heavy atom. The molecular formula is C21H22N2O4S. The van der Waals surface area contributed by atoms with Crippen LogP contribution in [0.1, 0.15) is 15.9 Å². The van der Waals surface area contributed by atoms with Gasteiger partial charge in [-0.15, -0.1) is 0 Å². The minimum absolute atomic E-state index is 0.00117. The largest absolute Gasteiger partial charge is 0.337 e. The van der Waals surface area contributed by atoms with Crippen molar-refractivity contribution in [1.82, 2.24) is 9.37 Å². The molecule has 0 fully saturated rings. The van der Waals surface area contributed by atoms with Crippen molar-refractivity contribution < 1.29 is 18.0 Å². The number of carbonyl (C=O) groups is 1. The monoisotopic (exact) mass is 398 g/mol. The molecule has 7 heteroatoms. The van der Waals surface area contributed by atoms with Crippen molar-refractivity contribution in [3.8, 4) is 0 Å². The van der Waals surface area contributed by atoms with Gasteiger partial charge in [-0.05, 0) is 34.5 Å². The minimum atomic E-state index is -3.82. The maximum Gasteiger partial charge on any atom is 0.264 e. The lowest BCUT2D eigenvalue weighted by Crippen LogP contribution is -2.28. The van der Waals surface area contributed by atoms with E-state index in [1.807, 2.05) is 42.5 Å². The number of hydroxylamine groups is 1. The van der Waals surface area contributed by atoms with Gasteiger partial charge in [0.1, 0.15) is 0 Å². The first-order chi connectivity index (χ1) is 13.3. The number of carbonyl (C=O) groups excluding carboxylic acids is 1. The van der Waals surface area contributed by atoms with Gasteiger partial charge in [0, 0.05) is 26.2 Å². The maximum atomic E-state index is 12.9. The Morgan fingerprint density at radius 2 is 1.64 bits per heavy atom. The highest BCUT2D eigenvalue weighted by atomic mass is 32.2. The number of nitrogens with zero attached hydrogens (tertiary/aromatic N) is 2. The van der Waals surface area contributed by atoms with Gasteiger partial charge in [0.2, 0.25) is 0 Å². The lowest BCUT2D eigenvalue weighted by Gasteiger charge is -2.19. The van der Waals surface area contributed by atoms with E-state index in [1.165, 1.54) is 26.3 Å². The van der Waals surface area contributed by atoms with Crippen LogP contribution in [0.4, 0.5) is 0 Å². The van der Waals surface area contributed by atoms with Crippen LogP contribution in [0.5, 0.6) is 0 Å². The van der Waals surface area contributed by atoms with Crippen molar-refractivity contribution in [2.45, 2.75) is 11.4 Å². The van der Waals surface area contributed by atoms with Crippen LogP contribution in [0.15, 0.2) is 71.6 Å². The first-order valence-corrected chi connectivity index (χ1v) is 10.1. The number of amides is 1. The lowest BCUT2D eigenvalue weighted by molar-refractivity contribution is -0.0258. The van der Waals surface area contributed by atoms with E-state index < -0.39 is 10.0 Å². The molecule has 1 amide bonds. The van der Waals surface area contributed by atoms with Gasteiger partial charge in [0.05, 0.1) is 12.0 Å². The van der Waals surface area contributed by atoms with Gasteiger partial charge in [-0.25, -0.2) is 8.42 Å². The van der Waals surface area contributed by atoms with Crippen LogP contribution >= 0.6 is 0 Å². The third-order valence-corrected chi connectivity index (χ3v) is 6.28. The molecule has 0 N–H and O–H groups in total. The zero-order valence-corrected chi connectivity index (χ0v) is 16.8. The fourth-order valence-corrected chi connectivity index (χ4v) is 4.03. The molecule has 3 aromatic carbocycles. The Kier molecular flexibility index (Phi) is 5.79. The van der Waals surface area contributed by atoms with E-state index in [9.17, 15) is 13.2 Å². The van der Waals surface area contributed by atoms with E-state index in [1.54, 1.807) is 24.1 Å². The summed E-state index contributed by atoms with van der Waals surface area (Å²) >= 11 is 0. The molecule has 0 radical (unpaired) electrons. The highest BCUT2D eigenvalue weighted by molar-refractivity contribution is 7.89. The molecule has 146 valence electrons. The normalized spacial score (nSPS) is 11.7. The van der Waals surface area contributed by atoms with Crippen molar-refractivity contribution >= 4 is 26.7 Å². The molecular weight excluding hydrogens is 376 g/mol. The average molecular weight is 398 g/mol. The number of hydrogen-bond acceptors (Lipinski definition) is 4. The van der Waals surface area contributed by atoms with Crippen molar-refractivity contribution in [2.75, 3.05) is 21.2 Å². The number of fused-ring (bicyclic) bond motifs is 1. The van der Waals surface area contributed by atoms with Crippen LogP contribution < -0.4 is 0 Å². The summed E-state index contributed by atoms with van der Waals surface area (Å²) < 4.78 is 25.6. The first kappa shape index (κ1) is 20.0. The standard InChI is InChI=1S/C21H22N2O4S/c1-22(15-18-11-6-9-16-8-4-5-13-20(16)18)21(24)17-10-7-12-19(14-17)28(25,26)23(2)27-3/h4-14H,15H2,1-3H3. The molecule has 0 saturated carbocycles. The molecule has 0 bridgehead atoms. The molecule has 0 spiro atoms. The van der Waals surface area contributed by atoms with Crippen LogP contribution in [-0.2, 0) is 21.4 Å². The quantitative estimate of drug-likeness (QED) is 0.598. The molecule has 0 atom stereocenters. The number of sulfonamides is 1. The summed E-state index contributed by atoms with van der Waals surface area (Å²) in [6.45, 7) is 0.412. The molecule has 0 aromatic heterocycles. The molecule has 0 saturated heterocycles. The second kappa shape index (κ2) is 8.10. The SMILES string of the molecule is CON(C)S(=O)(=O)c1cccc(C(=O)N(C)Cc2cccc3ccccc23)c1. The molecule has 0 aliphatic rings. The summed E-state index contributed by atoms with van der Waals surface area (Å²) in [6, 6.07) is 19.9. The highest BCUT2D eigenvalue weighted by Gasteiger charge is 2.22. The van der Waals surface area contributed by atoms with E-state index in [0.717, 1.165) is 20.8 Å². The Hall–Kier alpha value is -2.74. The number of hydrogen-bond donors (Lipinski definition) is 0. The van der Waals surface area contributed by atoms with E-state index in [0.29, 0.717) is 12.1 Å². The minimum Gasteiger partial charge on any atom is -0.337 e. The van der Waals surface area contributed by atoms with Crippen molar-refractivity contribution in [3.05, 3.63) is 77.9 Å². The highest BCUT2D eigenvalue weighted by Crippen LogP contribution is 2.21. The van der Waals surface area contributed by atoms with Gasteiger partial charge in [-0.2, -0.15) is 0 Å². The van der Waals surface area contributed by atoms with E-state index in [-0.39, 0.29) is 10.8 Å². The molecule has 0 unspecified atom stereocenters. The van der Waals surface area contributed by atoms with Crippen molar-refractivity contribution in [2.24, 2.45) is 0 Å². The summed E-state index contributed by atoms with van der Waals surface area (Å²) in [4.78, 5) is 19.3. The Bertz CT molecular complexity index is 1110. The summed E-state index contributed by atoms with van der Waals surface area (Å²) in [6.07, 6.45) is 0. The Balaban J connectivity index is 1.87. The van der Waals surface area contributed by atoms with Gasteiger partial charge in [-0.1, -0.05) is 53.0 Å². The average Bonchev–Trinajstić information content (AvgIpc) is 2.72. The summed E-state index contributed by atoms with van der Waals surface area (Å²) in [7, 11) is 0.453. The predicted molar refractivity (Wildman–Crippen MR) is 108 cm³/mol. The van der Waals surface area contributed by atoms with E-state index in [4.69, 9.17) is 4.84 Å². The molecule has 3 aromatic rings. The molecule has 6 nitrogen and oxygen atoms in total. The summed E-state index contributed by atoms with van der Waals surface area (Å²) in [5.74, 6) is -0.259. The van der Waals surface area contributed by atoms with Crippen molar-refractivity contribution in [1.29, 1.82) is 0 Å². The third kappa shape index (κ3) is 3.91. The molecule has 0 aliphatic heterocycles. The smallest absolute Gasteiger partial charge is 0.264 e. The summed E-state index contributed by atoms with van der Waals surface area (Å²) in [5, 5.41) is 2.19. The molecule has 3 rings (SSSR count). The van der Waals surface area contributed by atoms with E-state index >= 15 is 0 Å². The number of rotatable bonds is 6. The van der Waals surface area contributed by atoms with E-state index in [2.05, 4.69) is 0 Å². The topological polar surface area (TPSA) is 66.9 Å². The fraction of sp³-hybridized carbons (Fsp3) is 0.190. The van der Waals surface area contributed by atoms with Crippen LogP contribution in [-0.4, -0.2) is 44.9 Å². The summed E-state index contributed by atoms with van der Waals surface area (Å²) in [5.41, 5.74) is 1.32. The lowest BCUT2D eigenvalue weighted by atomic mass is 10.0. The van der Waals surface area contributed by atoms with Crippen LogP contribution in [0.3, 0.4) is 0 Å². The Labute approximate surface area is 165 Å². The van der Waals surface area contributed by atoms with Gasteiger partial charge in [-0.3, -0.25) is 9.63 Å². The van der Waals surface area contributed by atoms with Gasteiger partial charge in [0.15, 0.2) is 0 Å². The van der Waals surface area contributed by atoms with Gasteiger partial charge in [0.25, 0.3) is 15.9 Å². The van der Waals surface area contributed by atoms with Crippen LogP contribution in [0.2, 0.25) is 0 Å². The zero-order valence-electron chi connectivity index (χ0n) is 16.0. The number of benzene rings is 3. The molecule has 0 heterocycles. The second-order valence-corrected chi connectivity index (χ2v) is 8.36. The fourth-order valence-electron chi connectivity index (χ4n) is 3.01. The van der Waals surface area contributed by atoms with Crippen LogP contribution in [0, 0.1) is 0 Å². The third-order valence-electron chi connectivity index (χ3n) is 4.61. The zero-order chi connectivity index (χ0) is 20.3. The van der Waals surface area contributed by atoms with Crippen LogP contribution in [0.25, 0.3) is 10.8 Å². The maximum absolute atomic E-state index is 12.9. The van der Waals surface area contributed by atoms with Gasteiger partial charge < -0.3 is 4.90 Å². The van der Waals surface area contributed by atoms with Crippen molar-refractivity contribution in [3.63, 3.8) is 0 Å².